The highest BCUT2D eigenvalue weighted by Gasteiger charge is 2.34. The Balaban J connectivity index is 1.51. The number of rotatable bonds is 8. The Bertz CT molecular complexity index is 897. The largest absolute Gasteiger partial charge is 0.496 e. The SMILES string of the molecule is COc1ccccc1CNC(=O)CN1CCC[C@@](O)(COc2cc(C)c(Cl)c(C)c2)C1. The van der Waals surface area contributed by atoms with Gasteiger partial charge in [0.15, 0.2) is 0 Å². The van der Waals surface area contributed by atoms with Gasteiger partial charge >= 0.3 is 0 Å². The third-order valence-electron chi connectivity index (χ3n) is 5.59. The molecule has 1 aliphatic heterocycles. The second-order valence-electron chi connectivity index (χ2n) is 8.29. The van der Waals surface area contributed by atoms with Crippen molar-refractivity contribution in [2.75, 3.05) is 33.4 Å². The fraction of sp³-hybridized carbons (Fsp3) is 0.458. The van der Waals surface area contributed by atoms with Gasteiger partial charge in [-0.3, -0.25) is 9.69 Å². The van der Waals surface area contributed by atoms with Crippen molar-refractivity contribution in [3.05, 3.63) is 58.1 Å². The maximum Gasteiger partial charge on any atom is 0.234 e. The lowest BCUT2D eigenvalue weighted by Crippen LogP contribution is -2.53. The van der Waals surface area contributed by atoms with Crippen molar-refractivity contribution in [1.29, 1.82) is 0 Å². The summed E-state index contributed by atoms with van der Waals surface area (Å²) in [4.78, 5) is 14.4. The maximum absolute atomic E-state index is 12.5. The molecule has 2 aromatic carbocycles. The number of para-hydroxylation sites is 1. The van der Waals surface area contributed by atoms with E-state index in [-0.39, 0.29) is 19.1 Å². The van der Waals surface area contributed by atoms with Gasteiger partial charge in [-0.25, -0.2) is 0 Å². The molecule has 7 heteroatoms. The van der Waals surface area contributed by atoms with E-state index in [2.05, 4.69) is 5.32 Å². The Kier molecular flexibility index (Phi) is 7.81. The van der Waals surface area contributed by atoms with Gasteiger partial charge < -0.3 is 19.9 Å². The summed E-state index contributed by atoms with van der Waals surface area (Å²) in [6, 6.07) is 11.4. The number of hydrogen-bond acceptors (Lipinski definition) is 5. The van der Waals surface area contributed by atoms with Crippen LogP contribution in [0.2, 0.25) is 5.02 Å². The second-order valence-corrected chi connectivity index (χ2v) is 8.66. The van der Waals surface area contributed by atoms with Gasteiger partial charge in [0.05, 0.1) is 13.7 Å². The van der Waals surface area contributed by atoms with E-state index in [4.69, 9.17) is 21.1 Å². The van der Waals surface area contributed by atoms with Crippen molar-refractivity contribution in [2.45, 2.75) is 38.8 Å². The van der Waals surface area contributed by atoms with Gasteiger partial charge in [0, 0.05) is 23.7 Å². The zero-order valence-electron chi connectivity index (χ0n) is 18.4. The minimum atomic E-state index is -0.997. The van der Waals surface area contributed by atoms with E-state index < -0.39 is 5.60 Å². The molecule has 31 heavy (non-hydrogen) atoms. The summed E-state index contributed by atoms with van der Waals surface area (Å²) < 4.78 is 11.2. The smallest absolute Gasteiger partial charge is 0.234 e. The molecule has 1 heterocycles. The first-order chi connectivity index (χ1) is 14.8. The first-order valence-corrected chi connectivity index (χ1v) is 10.9. The lowest BCUT2D eigenvalue weighted by molar-refractivity contribution is -0.124. The minimum Gasteiger partial charge on any atom is -0.496 e. The van der Waals surface area contributed by atoms with Crippen molar-refractivity contribution in [2.24, 2.45) is 0 Å². The topological polar surface area (TPSA) is 71.0 Å². The number of amides is 1. The molecule has 0 bridgehead atoms. The van der Waals surface area contributed by atoms with Crippen molar-refractivity contribution in [3.63, 3.8) is 0 Å². The van der Waals surface area contributed by atoms with Gasteiger partial charge in [0.1, 0.15) is 23.7 Å². The molecule has 0 aliphatic carbocycles. The third kappa shape index (κ3) is 6.35. The summed E-state index contributed by atoms with van der Waals surface area (Å²) >= 11 is 6.22. The first-order valence-electron chi connectivity index (χ1n) is 10.5. The molecule has 1 fully saturated rings. The highest BCUT2D eigenvalue weighted by atomic mass is 35.5. The van der Waals surface area contributed by atoms with E-state index in [1.165, 1.54) is 0 Å². The fourth-order valence-corrected chi connectivity index (χ4v) is 4.08. The molecule has 1 aliphatic rings. The van der Waals surface area contributed by atoms with Crippen LogP contribution < -0.4 is 14.8 Å². The Morgan fingerprint density at radius 2 is 1.97 bits per heavy atom. The van der Waals surface area contributed by atoms with Crippen LogP contribution in [0.1, 0.15) is 29.5 Å². The Morgan fingerprint density at radius 1 is 1.26 bits per heavy atom. The Hall–Kier alpha value is -2.28. The number of likely N-dealkylation sites (tertiary alicyclic amines) is 1. The zero-order chi connectivity index (χ0) is 22.4. The number of benzene rings is 2. The molecule has 1 atom stereocenters. The minimum absolute atomic E-state index is 0.0833. The van der Waals surface area contributed by atoms with Crippen LogP contribution >= 0.6 is 11.6 Å². The van der Waals surface area contributed by atoms with E-state index in [9.17, 15) is 9.90 Å². The van der Waals surface area contributed by atoms with Crippen LogP contribution in [0, 0.1) is 13.8 Å². The molecule has 2 N–H and O–H groups in total. The first kappa shape index (κ1) is 23.4. The molecule has 6 nitrogen and oxygen atoms in total. The number of nitrogens with one attached hydrogen (secondary N) is 1. The number of methoxy groups -OCH3 is 1. The monoisotopic (exact) mass is 446 g/mol. The average Bonchev–Trinajstić information content (AvgIpc) is 2.75. The molecular weight excluding hydrogens is 416 g/mol. The van der Waals surface area contributed by atoms with Crippen LogP contribution in [0.5, 0.6) is 11.5 Å². The number of ether oxygens (including phenoxy) is 2. The highest BCUT2D eigenvalue weighted by molar-refractivity contribution is 6.32. The molecule has 0 radical (unpaired) electrons. The van der Waals surface area contributed by atoms with E-state index in [1.807, 2.05) is 55.1 Å². The number of nitrogens with zero attached hydrogens (tertiary/aromatic N) is 1. The highest BCUT2D eigenvalue weighted by Crippen LogP contribution is 2.28. The molecule has 2 aromatic rings. The number of aliphatic hydroxyl groups is 1. The summed E-state index contributed by atoms with van der Waals surface area (Å²) in [5.74, 6) is 1.36. The van der Waals surface area contributed by atoms with Gasteiger partial charge in [0.25, 0.3) is 0 Å². The van der Waals surface area contributed by atoms with Gasteiger partial charge in [-0.1, -0.05) is 29.8 Å². The molecule has 1 amide bonds. The Morgan fingerprint density at radius 3 is 2.68 bits per heavy atom. The van der Waals surface area contributed by atoms with Crippen molar-refractivity contribution in [3.8, 4) is 11.5 Å². The molecule has 168 valence electrons. The summed E-state index contributed by atoms with van der Waals surface area (Å²) in [7, 11) is 1.62. The Labute approximate surface area is 189 Å². The molecule has 0 spiro atoms. The van der Waals surface area contributed by atoms with Crippen LogP contribution in [-0.4, -0.2) is 54.9 Å². The number of piperidine rings is 1. The quantitative estimate of drug-likeness (QED) is 0.649. The molecule has 0 saturated carbocycles. The predicted octanol–water partition coefficient (Wildman–Crippen LogP) is 3.49. The van der Waals surface area contributed by atoms with E-state index in [1.54, 1.807) is 7.11 Å². The number of halogens is 1. The molecule has 0 unspecified atom stereocenters. The standard InChI is InChI=1S/C24H31ClN2O4/c1-17-11-20(12-18(2)23(17)25)31-16-24(29)9-6-10-27(15-24)14-22(28)26-13-19-7-4-5-8-21(19)30-3/h4-5,7-8,11-12,29H,6,9-10,13-16H2,1-3H3,(H,26,28)/t24-/m0/s1. The second kappa shape index (κ2) is 10.4. The fourth-order valence-electron chi connectivity index (χ4n) is 3.97. The lowest BCUT2D eigenvalue weighted by atomic mass is 9.93. The third-order valence-corrected chi connectivity index (χ3v) is 6.18. The molecule has 1 saturated heterocycles. The van der Waals surface area contributed by atoms with Crippen LogP contribution in [0.25, 0.3) is 0 Å². The van der Waals surface area contributed by atoms with Crippen LogP contribution in [0.4, 0.5) is 0 Å². The molecule has 0 aromatic heterocycles. The van der Waals surface area contributed by atoms with Crippen molar-refractivity contribution in [1.82, 2.24) is 10.2 Å². The summed E-state index contributed by atoms with van der Waals surface area (Å²) in [6.07, 6.45) is 1.44. The number of hydrogen-bond donors (Lipinski definition) is 2. The molecule has 3 rings (SSSR count). The predicted molar refractivity (Wildman–Crippen MR) is 122 cm³/mol. The zero-order valence-corrected chi connectivity index (χ0v) is 19.2. The van der Waals surface area contributed by atoms with Gasteiger partial charge in [0.2, 0.25) is 5.91 Å². The van der Waals surface area contributed by atoms with E-state index in [0.717, 1.165) is 40.4 Å². The number of aryl methyl sites for hydroxylation is 2. The maximum atomic E-state index is 12.5. The van der Waals surface area contributed by atoms with Crippen LogP contribution in [-0.2, 0) is 11.3 Å². The molecular formula is C24H31ClN2O4. The normalized spacial score (nSPS) is 19.1. The van der Waals surface area contributed by atoms with Crippen LogP contribution in [0.3, 0.4) is 0 Å². The van der Waals surface area contributed by atoms with Crippen molar-refractivity contribution >= 4 is 17.5 Å². The van der Waals surface area contributed by atoms with Crippen LogP contribution in [0.15, 0.2) is 36.4 Å². The average molecular weight is 447 g/mol. The summed E-state index contributed by atoms with van der Waals surface area (Å²) in [6.45, 7) is 5.83. The van der Waals surface area contributed by atoms with Gasteiger partial charge in [-0.2, -0.15) is 0 Å². The van der Waals surface area contributed by atoms with Gasteiger partial charge in [-0.15, -0.1) is 0 Å². The lowest BCUT2D eigenvalue weighted by Gasteiger charge is -2.38. The van der Waals surface area contributed by atoms with E-state index >= 15 is 0 Å². The van der Waals surface area contributed by atoms with Crippen molar-refractivity contribution < 1.29 is 19.4 Å². The number of carbonyl (C=O) groups is 1. The number of β-amino-alcohol motifs (C(OH)–C–C–N with tert-alkyl or cyclic N) is 1. The summed E-state index contributed by atoms with van der Waals surface area (Å²) in [5.41, 5.74) is 1.82. The van der Waals surface area contributed by atoms with E-state index in [0.29, 0.717) is 25.3 Å². The number of carbonyl (C=O) groups excluding carboxylic acids is 1. The van der Waals surface area contributed by atoms with Gasteiger partial charge in [-0.05, 0) is 62.6 Å². The summed E-state index contributed by atoms with van der Waals surface area (Å²) in [5, 5.41) is 14.7.